The van der Waals surface area contributed by atoms with Crippen LogP contribution in [0.25, 0.3) is 11.1 Å². The van der Waals surface area contributed by atoms with E-state index in [-0.39, 0.29) is 11.3 Å². The fraction of sp³-hybridized carbons (Fsp3) is 0.217. The Morgan fingerprint density at radius 2 is 1.42 bits per heavy atom. The van der Waals surface area contributed by atoms with Gasteiger partial charge in [-0.2, -0.15) is 0 Å². The van der Waals surface area contributed by atoms with Gasteiger partial charge >= 0.3 is 0 Å². The SMILES string of the molecule is CC1(C)c2ccccc2-c2ccc(C(CN)c3ccccc3)cc21. The van der Waals surface area contributed by atoms with Gasteiger partial charge in [-0.05, 0) is 33.4 Å². The van der Waals surface area contributed by atoms with Gasteiger partial charge in [-0.25, -0.2) is 0 Å². The van der Waals surface area contributed by atoms with Crippen molar-refractivity contribution in [2.24, 2.45) is 5.73 Å². The zero-order valence-electron chi connectivity index (χ0n) is 14.3. The fourth-order valence-corrected chi connectivity index (χ4v) is 4.09. The van der Waals surface area contributed by atoms with Crippen molar-refractivity contribution in [2.45, 2.75) is 25.2 Å². The molecule has 1 unspecified atom stereocenters. The molecule has 0 radical (unpaired) electrons. The molecule has 0 saturated heterocycles. The van der Waals surface area contributed by atoms with Crippen LogP contribution in [0.1, 0.15) is 42.0 Å². The van der Waals surface area contributed by atoms with Crippen LogP contribution in [0.3, 0.4) is 0 Å². The molecule has 24 heavy (non-hydrogen) atoms. The molecule has 1 aliphatic carbocycles. The summed E-state index contributed by atoms with van der Waals surface area (Å²) in [5, 5.41) is 0. The van der Waals surface area contributed by atoms with Crippen LogP contribution in [0.5, 0.6) is 0 Å². The maximum atomic E-state index is 6.13. The molecule has 120 valence electrons. The molecule has 0 amide bonds. The van der Waals surface area contributed by atoms with Gasteiger partial charge in [0.15, 0.2) is 0 Å². The van der Waals surface area contributed by atoms with Gasteiger partial charge in [-0.3, -0.25) is 0 Å². The third kappa shape index (κ3) is 2.20. The largest absolute Gasteiger partial charge is 0.330 e. The van der Waals surface area contributed by atoms with Crippen LogP contribution in [0.4, 0.5) is 0 Å². The molecule has 3 aromatic carbocycles. The fourth-order valence-electron chi connectivity index (χ4n) is 4.09. The van der Waals surface area contributed by atoms with Crippen LogP contribution < -0.4 is 5.73 Å². The summed E-state index contributed by atoms with van der Waals surface area (Å²) >= 11 is 0. The summed E-state index contributed by atoms with van der Waals surface area (Å²) in [5.41, 5.74) is 14.3. The Kier molecular flexibility index (Phi) is 3.54. The molecular formula is C23H23N. The van der Waals surface area contributed by atoms with Crippen LogP contribution in [-0.2, 0) is 5.41 Å². The molecule has 0 bridgehead atoms. The van der Waals surface area contributed by atoms with Crippen LogP contribution >= 0.6 is 0 Å². The van der Waals surface area contributed by atoms with Crippen molar-refractivity contribution < 1.29 is 0 Å². The van der Waals surface area contributed by atoms with E-state index in [2.05, 4.69) is 86.6 Å². The first-order valence-electron chi connectivity index (χ1n) is 8.62. The van der Waals surface area contributed by atoms with Crippen LogP contribution in [0.2, 0.25) is 0 Å². The molecule has 3 aromatic rings. The molecule has 1 aliphatic rings. The van der Waals surface area contributed by atoms with Crippen LogP contribution in [0, 0.1) is 0 Å². The van der Waals surface area contributed by atoms with E-state index in [9.17, 15) is 0 Å². The van der Waals surface area contributed by atoms with Crippen molar-refractivity contribution in [3.8, 4) is 11.1 Å². The third-order valence-corrected chi connectivity index (χ3v) is 5.45. The number of fused-ring (bicyclic) bond motifs is 3. The maximum absolute atomic E-state index is 6.13. The number of nitrogens with two attached hydrogens (primary N) is 1. The minimum Gasteiger partial charge on any atom is -0.330 e. The molecule has 0 spiro atoms. The van der Waals surface area contributed by atoms with Gasteiger partial charge in [0, 0.05) is 17.9 Å². The van der Waals surface area contributed by atoms with Gasteiger partial charge in [-0.1, -0.05) is 86.6 Å². The second kappa shape index (κ2) is 5.61. The molecule has 4 rings (SSSR count). The molecule has 0 saturated carbocycles. The normalized spacial score (nSPS) is 15.6. The Morgan fingerprint density at radius 1 is 0.750 bits per heavy atom. The zero-order valence-corrected chi connectivity index (χ0v) is 14.3. The summed E-state index contributed by atoms with van der Waals surface area (Å²) in [5.74, 6) is 0.246. The summed E-state index contributed by atoms with van der Waals surface area (Å²) in [4.78, 5) is 0. The first-order chi connectivity index (χ1) is 11.6. The zero-order chi connectivity index (χ0) is 16.7. The Morgan fingerprint density at radius 3 is 2.17 bits per heavy atom. The maximum Gasteiger partial charge on any atom is 0.0212 e. The van der Waals surface area contributed by atoms with Crippen molar-refractivity contribution in [1.82, 2.24) is 0 Å². The Labute approximate surface area is 144 Å². The minimum absolute atomic E-state index is 0.0395. The topological polar surface area (TPSA) is 26.0 Å². The van der Waals surface area contributed by atoms with E-state index in [1.165, 1.54) is 33.4 Å². The second-order valence-corrected chi connectivity index (χ2v) is 7.17. The van der Waals surface area contributed by atoms with Gasteiger partial charge in [-0.15, -0.1) is 0 Å². The highest BCUT2D eigenvalue weighted by Gasteiger charge is 2.35. The highest BCUT2D eigenvalue weighted by atomic mass is 14.5. The molecule has 0 fully saturated rings. The van der Waals surface area contributed by atoms with Gasteiger partial charge in [0.05, 0.1) is 0 Å². The van der Waals surface area contributed by atoms with Crippen LogP contribution in [-0.4, -0.2) is 6.54 Å². The summed E-state index contributed by atoms with van der Waals surface area (Å²) in [7, 11) is 0. The van der Waals surface area contributed by atoms with Gasteiger partial charge in [0.2, 0.25) is 0 Å². The van der Waals surface area contributed by atoms with E-state index >= 15 is 0 Å². The molecule has 1 nitrogen and oxygen atoms in total. The number of rotatable bonds is 3. The highest BCUT2D eigenvalue weighted by Crippen LogP contribution is 2.49. The first-order valence-corrected chi connectivity index (χ1v) is 8.62. The molecule has 1 atom stereocenters. The highest BCUT2D eigenvalue weighted by molar-refractivity contribution is 5.81. The smallest absolute Gasteiger partial charge is 0.0212 e. The van der Waals surface area contributed by atoms with Gasteiger partial charge in [0.1, 0.15) is 0 Å². The molecule has 0 heterocycles. The average Bonchev–Trinajstić information content (AvgIpc) is 2.85. The molecule has 0 aromatic heterocycles. The Balaban J connectivity index is 1.84. The number of hydrogen-bond donors (Lipinski definition) is 1. The van der Waals surface area contributed by atoms with E-state index in [0.717, 1.165) is 0 Å². The molecular weight excluding hydrogens is 290 g/mol. The third-order valence-electron chi connectivity index (χ3n) is 5.45. The Hall–Kier alpha value is -2.38. The standard InChI is InChI=1S/C23H23N/c1-23(2)21-11-7-6-10-18(21)19-13-12-17(14-22(19)23)20(15-24)16-8-4-3-5-9-16/h3-14,20H,15,24H2,1-2H3. The summed E-state index contributed by atoms with van der Waals surface area (Å²) in [6.07, 6.45) is 0. The quantitative estimate of drug-likeness (QED) is 0.716. The second-order valence-electron chi connectivity index (χ2n) is 7.17. The minimum atomic E-state index is 0.0395. The predicted octanol–water partition coefficient (Wildman–Crippen LogP) is 5.08. The Bertz CT molecular complexity index is 878. The number of benzene rings is 3. The van der Waals surface area contributed by atoms with E-state index in [4.69, 9.17) is 5.73 Å². The molecule has 2 N–H and O–H groups in total. The van der Waals surface area contributed by atoms with Crippen molar-refractivity contribution in [1.29, 1.82) is 0 Å². The summed E-state index contributed by atoms with van der Waals surface area (Å²) in [6, 6.07) is 26.2. The van der Waals surface area contributed by atoms with Gasteiger partial charge in [0.25, 0.3) is 0 Å². The van der Waals surface area contributed by atoms with Crippen molar-refractivity contribution in [2.75, 3.05) is 6.54 Å². The summed E-state index contributed by atoms with van der Waals surface area (Å²) in [6.45, 7) is 5.26. The average molecular weight is 313 g/mol. The van der Waals surface area contributed by atoms with Gasteiger partial charge < -0.3 is 5.73 Å². The predicted molar refractivity (Wildman–Crippen MR) is 101 cm³/mol. The van der Waals surface area contributed by atoms with E-state index in [1.807, 2.05) is 0 Å². The van der Waals surface area contributed by atoms with Crippen LogP contribution in [0.15, 0.2) is 72.8 Å². The summed E-state index contributed by atoms with van der Waals surface area (Å²) < 4.78 is 0. The van der Waals surface area contributed by atoms with Crippen molar-refractivity contribution in [3.05, 3.63) is 95.1 Å². The lowest BCUT2D eigenvalue weighted by molar-refractivity contribution is 0.657. The molecule has 0 aliphatic heterocycles. The lowest BCUT2D eigenvalue weighted by atomic mass is 9.80. The lowest BCUT2D eigenvalue weighted by Crippen LogP contribution is -2.17. The first kappa shape index (κ1) is 15.2. The molecule has 1 heteroatoms. The van der Waals surface area contributed by atoms with Crippen molar-refractivity contribution >= 4 is 0 Å². The van der Waals surface area contributed by atoms with E-state index in [1.54, 1.807) is 0 Å². The number of hydrogen-bond acceptors (Lipinski definition) is 1. The lowest BCUT2D eigenvalue weighted by Gasteiger charge is -2.23. The van der Waals surface area contributed by atoms with E-state index in [0.29, 0.717) is 6.54 Å². The monoisotopic (exact) mass is 313 g/mol. The van der Waals surface area contributed by atoms with E-state index < -0.39 is 0 Å². The van der Waals surface area contributed by atoms with Crippen molar-refractivity contribution in [3.63, 3.8) is 0 Å².